The zero-order valence-electron chi connectivity index (χ0n) is 14.9. The van der Waals surface area contributed by atoms with Gasteiger partial charge < -0.3 is 4.52 Å². The Bertz CT molecular complexity index is 911. The van der Waals surface area contributed by atoms with Crippen LogP contribution in [0, 0.1) is 13.8 Å². The summed E-state index contributed by atoms with van der Waals surface area (Å²) in [6.45, 7) is 6.72. The molecule has 0 N–H and O–H groups in total. The standard InChI is InChI=1S/C19H23N3O2S/c1-4-5-8-11-22-18(23)15-9-6-7-10-17(15)20-19(22)25-12-16-13(2)21-24-14(16)3/h6-7,9-10H,4-5,8,11-12H2,1-3H3. The van der Waals surface area contributed by atoms with Crippen molar-refractivity contribution in [2.45, 2.75) is 57.5 Å². The first kappa shape index (κ1) is 17.7. The van der Waals surface area contributed by atoms with Gasteiger partial charge in [-0.3, -0.25) is 9.36 Å². The predicted octanol–water partition coefficient (Wildman–Crippen LogP) is 4.48. The molecule has 3 aromatic rings. The Morgan fingerprint density at radius 1 is 1.20 bits per heavy atom. The highest BCUT2D eigenvalue weighted by Gasteiger charge is 2.14. The SMILES string of the molecule is CCCCCn1c(SCc2c(C)noc2C)nc2ccccc2c1=O. The van der Waals surface area contributed by atoms with Crippen molar-refractivity contribution in [3.63, 3.8) is 0 Å². The number of thioether (sulfide) groups is 1. The van der Waals surface area contributed by atoms with E-state index >= 15 is 0 Å². The van der Waals surface area contributed by atoms with Crippen LogP contribution in [0.25, 0.3) is 10.9 Å². The highest BCUT2D eigenvalue weighted by Crippen LogP contribution is 2.25. The molecule has 3 rings (SSSR count). The maximum absolute atomic E-state index is 12.9. The van der Waals surface area contributed by atoms with Crippen molar-refractivity contribution in [2.75, 3.05) is 0 Å². The van der Waals surface area contributed by atoms with Crippen molar-refractivity contribution >= 4 is 22.7 Å². The number of aryl methyl sites for hydroxylation is 2. The van der Waals surface area contributed by atoms with Gasteiger partial charge in [-0.05, 0) is 32.4 Å². The minimum absolute atomic E-state index is 0.0444. The average molecular weight is 357 g/mol. The molecule has 6 heteroatoms. The molecular formula is C19H23N3O2S. The predicted molar refractivity (Wildman–Crippen MR) is 101 cm³/mol. The third-order valence-electron chi connectivity index (χ3n) is 4.34. The van der Waals surface area contributed by atoms with Crippen molar-refractivity contribution in [3.05, 3.63) is 51.6 Å². The number of nitrogens with zero attached hydrogens (tertiary/aromatic N) is 3. The summed E-state index contributed by atoms with van der Waals surface area (Å²) >= 11 is 1.57. The Balaban J connectivity index is 1.96. The second kappa shape index (κ2) is 7.87. The molecule has 0 atom stereocenters. The first-order valence-corrected chi connectivity index (χ1v) is 9.64. The molecule has 0 radical (unpaired) electrons. The first-order valence-electron chi connectivity index (χ1n) is 8.66. The lowest BCUT2D eigenvalue weighted by atomic mass is 10.2. The van der Waals surface area contributed by atoms with Crippen LogP contribution >= 0.6 is 11.8 Å². The molecule has 0 spiro atoms. The molecule has 0 amide bonds. The van der Waals surface area contributed by atoms with Gasteiger partial charge in [0.15, 0.2) is 5.16 Å². The monoisotopic (exact) mass is 357 g/mol. The van der Waals surface area contributed by atoms with Gasteiger partial charge in [-0.25, -0.2) is 4.98 Å². The molecule has 0 unspecified atom stereocenters. The van der Waals surface area contributed by atoms with Crippen molar-refractivity contribution < 1.29 is 4.52 Å². The van der Waals surface area contributed by atoms with Crippen molar-refractivity contribution in [2.24, 2.45) is 0 Å². The van der Waals surface area contributed by atoms with E-state index in [-0.39, 0.29) is 5.56 Å². The van der Waals surface area contributed by atoms with E-state index < -0.39 is 0 Å². The van der Waals surface area contributed by atoms with Gasteiger partial charge in [0.2, 0.25) is 0 Å². The summed E-state index contributed by atoms with van der Waals surface area (Å²) in [7, 11) is 0. The summed E-state index contributed by atoms with van der Waals surface area (Å²) in [6.07, 6.45) is 3.21. The van der Waals surface area contributed by atoms with E-state index in [1.165, 1.54) is 0 Å². The van der Waals surface area contributed by atoms with Crippen LogP contribution in [0.4, 0.5) is 0 Å². The quantitative estimate of drug-likeness (QED) is 0.354. The van der Waals surface area contributed by atoms with Gasteiger partial charge in [-0.15, -0.1) is 0 Å². The Morgan fingerprint density at radius 2 is 2.00 bits per heavy atom. The number of benzene rings is 1. The molecule has 132 valence electrons. The lowest BCUT2D eigenvalue weighted by Gasteiger charge is -2.13. The van der Waals surface area contributed by atoms with Crippen molar-refractivity contribution in [1.29, 1.82) is 0 Å². The van der Waals surface area contributed by atoms with Gasteiger partial charge in [-0.2, -0.15) is 0 Å². The van der Waals surface area contributed by atoms with Crippen LogP contribution in [0.1, 0.15) is 43.2 Å². The second-order valence-corrected chi connectivity index (χ2v) is 7.11. The van der Waals surface area contributed by atoms with Crippen molar-refractivity contribution in [1.82, 2.24) is 14.7 Å². The highest BCUT2D eigenvalue weighted by atomic mass is 32.2. The normalized spacial score (nSPS) is 11.3. The van der Waals surface area contributed by atoms with E-state index in [1.807, 2.05) is 42.7 Å². The van der Waals surface area contributed by atoms with Gasteiger partial charge in [-0.1, -0.05) is 48.8 Å². The summed E-state index contributed by atoms with van der Waals surface area (Å²) in [4.78, 5) is 17.7. The van der Waals surface area contributed by atoms with Crippen LogP contribution in [0.5, 0.6) is 0 Å². The van der Waals surface area contributed by atoms with Crippen LogP contribution in [0.15, 0.2) is 38.7 Å². The summed E-state index contributed by atoms with van der Waals surface area (Å²) in [5, 5.41) is 5.45. The average Bonchev–Trinajstić information content (AvgIpc) is 2.93. The van der Waals surface area contributed by atoms with Crippen LogP contribution in [0.3, 0.4) is 0 Å². The maximum Gasteiger partial charge on any atom is 0.262 e. The Kier molecular flexibility index (Phi) is 5.58. The second-order valence-electron chi connectivity index (χ2n) is 6.17. The third-order valence-corrected chi connectivity index (χ3v) is 5.34. The summed E-state index contributed by atoms with van der Waals surface area (Å²) in [5.41, 5.74) is 2.77. The van der Waals surface area contributed by atoms with Crippen LogP contribution in [-0.2, 0) is 12.3 Å². The molecule has 2 heterocycles. The van der Waals surface area contributed by atoms with E-state index in [9.17, 15) is 4.79 Å². The summed E-state index contributed by atoms with van der Waals surface area (Å²) < 4.78 is 7.06. The van der Waals surface area contributed by atoms with E-state index in [1.54, 1.807) is 11.8 Å². The van der Waals surface area contributed by atoms with Crippen LogP contribution in [-0.4, -0.2) is 14.7 Å². The Hall–Kier alpha value is -2.08. The molecule has 0 aliphatic heterocycles. The maximum atomic E-state index is 12.9. The van der Waals surface area contributed by atoms with Crippen LogP contribution < -0.4 is 5.56 Å². The largest absolute Gasteiger partial charge is 0.361 e. The molecule has 0 aliphatic carbocycles. The molecule has 0 fully saturated rings. The Labute approximate surface area is 151 Å². The molecule has 0 saturated heterocycles. The topological polar surface area (TPSA) is 60.9 Å². The summed E-state index contributed by atoms with van der Waals surface area (Å²) in [6, 6.07) is 7.55. The summed E-state index contributed by atoms with van der Waals surface area (Å²) in [5.74, 6) is 1.52. The smallest absolute Gasteiger partial charge is 0.262 e. The van der Waals surface area contributed by atoms with E-state index in [0.717, 1.165) is 47.0 Å². The number of aromatic nitrogens is 3. The number of fused-ring (bicyclic) bond motifs is 1. The minimum Gasteiger partial charge on any atom is -0.361 e. The molecule has 25 heavy (non-hydrogen) atoms. The number of hydrogen-bond acceptors (Lipinski definition) is 5. The van der Waals surface area contributed by atoms with E-state index in [2.05, 4.69) is 12.1 Å². The third kappa shape index (κ3) is 3.79. The highest BCUT2D eigenvalue weighted by molar-refractivity contribution is 7.98. The number of rotatable bonds is 7. The number of para-hydroxylation sites is 1. The molecule has 1 aromatic carbocycles. The lowest BCUT2D eigenvalue weighted by molar-refractivity contribution is 0.392. The molecule has 0 saturated carbocycles. The van der Waals surface area contributed by atoms with Gasteiger partial charge >= 0.3 is 0 Å². The molecular weight excluding hydrogens is 334 g/mol. The fourth-order valence-corrected chi connectivity index (χ4v) is 4.00. The zero-order valence-corrected chi connectivity index (χ0v) is 15.7. The van der Waals surface area contributed by atoms with E-state index in [4.69, 9.17) is 9.51 Å². The molecule has 0 bridgehead atoms. The molecule has 2 aromatic heterocycles. The van der Waals surface area contributed by atoms with Gasteiger partial charge in [0, 0.05) is 17.9 Å². The number of unbranched alkanes of at least 4 members (excludes halogenated alkanes) is 2. The zero-order chi connectivity index (χ0) is 17.8. The van der Waals surface area contributed by atoms with Crippen molar-refractivity contribution in [3.8, 4) is 0 Å². The molecule has 5 nitrogen and oxygen atoms in total. The van der Waals surface area contributed by atoms with Crippen LogP contribution in [0.2, 0.25) is 0 Å². The van der Waals surface area contributed by atoms with E-state index in [0.29, 0.717) is 17.7 Å². The van der Waals surface area contributed by atoms with Gasteiger partial charge in [0.25, 0.3) is 5.56 Å². The molecule has 0 aliphatic rings. The first-order chi connectivity index (χ1) is 12.1. The lowest BCUT2D eigenvalue weighted by Crippen LogP contribution is -2.23. The fourth-order valence-electron chi connectivity index (χ4n) is 2.82. The van der Waals surface area contributed by atoms with Gasteiger partial charge in [0.1, 0.15) is 5.76 Å². The Morgan fingerprint density at radius 3 is 2.72 bits per heavy atom. The van der Waals surface area contributed by atoms with Gasteiger partial charge in [0.05, 0.1) is 16.6 Å². The minimum atomic E-state index is 0.0444. The fraction of sp³-hybridized carbons (Fsp3) is 0.421. The number of hydrogen-bond donors (Lipinski definition) is 0.